The van der Waals surface area contributed by atoms with E-state index in [0.717, 1.165) is 5.56 Å². The molecule has 0 bridgehead atoms. The average molecular weight is 467 g/mol. The maximum Gasteiger partial charge on any atom is 0.290 e. The van der Waals surface area contributed by atoms with Crippen molar-refractivity contribution in [3.8, 4) is 0 Å². The highest BCUT2D eigenvalue weighted by Gasteiger charge is 2.42. The number of carbonyl (C=O) groups is 1. The quantitative estimate of drug-likeness (QED) is 0.456. The lowest BCUT2D eigenvalue weighted by Gasteiger charge is -2.25. The number of rotatable bonds is 5. The SMILES string of the molecule is COCCCN1C(=O)c2oc3cc(C)c(Cl)cc3c(=O)c2C1c1ccc(Cl)c(Cl)c1. The molecule has 156 valence electrons. The molecule has 30 heavy (non-hydrogen) atoms. The molecule has 0 radical (unpaired) electrons. The summed E-state index contributed by atoms with van der Waals surface area (Å²) in [5.41, 5.74) is 1.77. The van der Waals surface area contributed by atoms with Crippen LogP contribution in [0.1, 0.15) is 39.7 Å². The van der Waals surface area contributed by atoms with Gasteiger partial charge in [0, 0.05) is 25.3 Å². The Kier molecular flexibility index (Phi) is 5.82. The molecule has 1 atom stereocenters. The Hall–Kier alpha value is -2.05. The summed E-state index contributed by atoms with van der Waals surface area (Å²) >= 11 is 18.5. The summed E-state index contributed by atoms with van der Waals surface area (Å²) in [4.78, 5) is 28.3. The molecular formula is C22H18Cl3NO4. The van der Waals surface area contributed by atoms with Gasteiger partial charge in [-0.15, -0.1) is 0 Å². The molecule has 1 amide bonds. The second-order valence-electron chi connectivity index (χ2n) is 7.19. The third kappa shape index (κ3) is 3.50. The monoisotopic (exact) mass is 465 g/mol. The molecular weight excluding hydrogens is 449 g/mol. The highest BCUT2D eigenvalue weighted by molar-refractivity contribution is 6.42. The Balaban J connectivity index is 1.95. The smallest absolute Gasteiger partial charge is 0.290 e. The van der Waals surface area contributed by atoms with Crippen molar-refractivity contribution in [2.45, 2.75) is 19.4 Å². The molecule has 0 fully saturated rings. The minimum Gasteiger partial charge on any atom is -0.450 e. The standard InChI is InChI=1S/C22H18Cl3NO4/c1-11-8-17-13(10-15(11)24)20(27)18-19(12-4-5-14(23)16(25)9-12)26(6-3-7-29-2)22(28)21(18)30-17/h4-5,8-10,19H,3,6-7H2,1-2H3. The van der Waals surface area contributed by atoms with E-state index in [-0.39, 0.29) is 22.7 Å². The van der Waals surface area contributed by atoms with Crippen molar-refractivity contribution in [2.75, 3.05) is 20.3 Å². The minimum atomic E-state index is -0.639. The highest BCUT2D eigenvalue weighted by Crippen LogP contribution is 2.40. The Bertz CT molecular complexity index is 1220. The van der Waals surface area contributed by atoms with Gasteiger partial charge in [-0.2, -0.15) is 0 Å². The summed E-state index contributed by atoms with van der Waals surface area (Å²) in [6.45, 7) is 2.68. The second kappa shape index (κ2) is 8.23. The van der Waals surface area contributed by atoms with Crippen LogP contribution < -0.4 is 5.43 Å². The van der Waals surface area contributed by atoms with E-state index in [0.29, 0.717) is 51.2 Å². The van der Waals surface area contributed by atoms with E-state index >= 15 is 0 Å². The van der Waals surface area contributed by atoms with Crippen LogP contribution in [0.25, 0.3) is 11.0 Å². The van der Waals surface area contributed by atoms with Crippen LogP contribution >= 0.6 is 34.8 Å². The molecule has 0 saturated carbocycles. The Morgan fingerprint density at radius 3 is 2.53 bits per heavy atom. The van der Waals surface area contributed by atoms with E-state index in [1.165, 1.54) is 0 Å². The zero-order valence-corrected chi connectivity index (χ0v) is 18.6. The lowest BCUT2D eigenvalue weighted by molar-refractivity contribution is 0.0708. The molecule has 0 aliphatic carbocycles. The first-order valence-electron chi connectivity index (χ1n) is 9.35. The number of hydrogen-bond acceptors (Lipinski definition) is 4. The minimum absolute atomic E-state index is 0.0442. The molecule has 1 unspecified atom stereocenters. The van der Waals surface area contributed by atoms with Gasteiger partial charge >= 0.3 is 0 Å². The number of benzene rings is 2. The normalized spacial score (nSPS) is 15.8. The van der Waals surface area contributed by atoms with Crippen molar-refractivity contribution < 1.29 is 13.9 Å². The topological polar surface area (TPSA) is 59.8 Å². The number of aryl methyl sites for hydroxylation is 1. The Labute approximate surface area is 188 Å². The third-order valence-corrected chi connectivity index (χ3v) is 6.40. The molecule has 2 aromatic carbocycles. The molecule has 2 heterocycles. The second-order valence-corrected chi connectivity index (χ2v) is 8.41. The van der Waals surface area contributed by atoms with Crippen molar-refractivity contribution in [2.24, 2.45) is 0 Å². The largest absolute Gasteiger partial charge is 0.450 e. The van der Waals surface area contributed by atoms with Crippen molar-refractivity contribution in [1.82, 2.24) is 4.90 Å². The fourth-order valence-corrected chi connectivity index (χ4v) is 4.25. The lowest BCUT2D eigenvalue weighted by atomic mass is 9.98. The summed E-state index contributed by atoms with van der Waals surface area (Å²) in [6.07, 6.45) is 0.604. The summed E-state index contributed by atoms with van der Waals surface area (Å²) < 4.78 is 11.1. The number of amides is 1. The predicted molar refractivity (Wildman–Crippen MR) is 118 cm³/mol. The molecule has 0 N–H and O–H groups in total. The molecule has 5 nitrogen and oxygen atoms in total. The van der Waals surface area contributed by atoms with E-state index in [1.54, 1.807) is 42.3 Å². The number of halogens is 3. The maximum atomic E-state index is 13.5. The van der Waals surface area contributed by atoms with Crippen LogP contribution in [0.4, 0.5) is 0 Å². The Morgan fingerprint density at radius 2 is 1.83 bits per heavy atom. The van der Waals surface area contributed by atoms with Gasteiger partial charge in [-0.1, -0.05) is 40.9 Å². The van der Waals surface area contributed by atoms with Crippen LogP contribution in [-0.4, -0.2) is 31.1 Å². The number of fused-ring (bicyclic) bond motifs is 2. The predicted octanol–water partition coefficient (Wildman–Crippen LogP) is 5.64. The van der Waals surface area contributed by atoms with E-state index in [1.807, 2.05) is 6.92 Å². The van der Waals surface area contributed by atoms with E-state index in [9.17, 15) is 9.59 Å². The number of nitrogens with zero attached hydrogens (tertiary/aromatic N) is 1. The first kappa shape index (κ1) is 21.2. The van der Waals surface area contributed by atoms with Gasteiger partial charge < -0.3 is 14.1 Å². The van der Waals surface area contributed by atoms with Crippen LogP contribution in [0.3, 0.4) is 0 Å². The van der Waals surface area contributed by atoms with Gasteiger partial charge in [-0.3, -0.25) is 9.59 Å². The van der Waals surface area contributed by atoms with E-state index in [2.05, 4.69) is 0 Å². The maximum absolute atomic E-state index is 13.5. The van der Waals surface area contributed by atoms with Crippen molar-refractivity contribution in [1.29, 1.82) is 0 Å². The van der Waals surface area contributed by atoms with Crippen LogP contribution in [0.2, 0.25) is 15.1 Å². The van der Waals surface area contributed by atoms with Gasteiger partial charge in [0.15, 0.2) is 5.43 Å². The lowest BCUT2D eigenvalue weighted by Crippen LogP contribution is -2.31. The molecule has 3 aromatic rings. The zero-order chi connectivity index (χ0) is 21.6. The average Bonchev–Trinajstić information content (AvgIpc) is 2.98. The third-order valence-electron chi connectivity index (χ3n) is 5.25. The summed E-state index contributed by atoms with van der Waals surface area (Å²) in [5.74, 6) is -0.300. The van der Waals surface area contributed by atoms with Gasteiger partial charge in [-0.25, -0.2) is 0 Å². The number of ether oxygens (including phenoxy) is 1. The zero-order valence-electron chi connectivity index (χ0n) is 16.3. The Morgan fingerprint density at radius 1 is 1.07 bits per heavy atom. The fraction of sp³-hybridized carbons (Fsp3) is 0.273. The number of hydrogen-bond donors (Lipinski definition) is 0. The van der Waals surface area contributed by atoms with Crippen LogP contribution in [0.15, 0.2) is 39.5 Å². The van der Waals surface area contributed by atoms with Crippen LogP contribution in [0, 0.1) is 6.92 Å². The van der Waals surface area contributed by atoms with Crippen molar-refractivity contribution in [3.05, 3.63) is 78.1 Å². The number of methoxy groups -OCH3 is 1. The number of carbonyl (C=O) groups excluding carboxylic acids is 1. The molecule has 0 saturated heterocycles. The van der Waals surface area contributed by atoms with Gasteiger partial charge in [0.05, 0.1) is 27.0 Å². The first-order valence-corrected chi connectivity index (χ1v) is 10.5. The van der Waals surface area contributed by atoms with Crippen molar-refractivity contribution >= 4 is 51.7 Å². The highest BCUT2D eigenvalue weighted by atomic mass is 35.5. The van der Waals surface area contributed by atoms with Gasteiger partial charge in [-0.05, 0) is 48.7 Å². The molecule has 1 aromatic heterocycles. The van der Waals surface area contributed by atoms with Gasteiger partial charge in [0.2, 0.25) is 5.76 Å². The van der Waals surface area contributed by atoms with Gasteiger partial charge in [0.1, 0.15) is 5.58 Å². The summed E-state index contributed by atoms with van der Waals surface area (Å²) in [5, 5.41) is 1.53. The van der Waals surface area contributed by atoms with E-state index < -0.39 is 6.04 Å². The first-order chi connectivity index (χ1) is 14.3. The molecule has 1 aliphatic heterocycles. The molecule has 1 aliphatic rings. The summed E-state index contributed by atoms with van der Waals surface area (Å²) in [7, 11) is 1.60. The van der Waals surface area contributed by atoms with E-state index in [4.69, 9.17) is 44.0 Å². The van der Waals surface area contributed by atoms with Crippen molar-refractivity contribution in [3.63, 3.8) is 0 Å². The molecule has 0 spiro atoms. The molecule has 8 heteroatoms. The summed E-state index contributed by atoms with van der Waals surface area (Å²) in [6, 6.07) is 7.71. The fourth-order valence-electron chi connectivity index (χ4n) is 3.78. The van der Waals surface area contributed by atoms with Crippen LogP contribution in [0.5, 0.6) is 0 Å². The molecule has 4 rings (SSSR count). The van der Waals surface area contributed by atoms with Gasteiger partial charge in [0.25, 0.3) is 5.91 Å². The van der Waals surface area contributed by atoms with Crippen LogP contribution in [-0.2, 0) is 4.74 Å².